The van der Waals surface area contributed by atoms with Crippen molar-refractivity contribution in [3.63, 3.8) is 0 Å². The molecule has 3 aliphatic heterocycles. The fourth-order valence-corrected chi connectivity index (χ4v) is 6.14. The van der Waals surface area contributed by atoms with Crippen molar-refractivity contribution in [3.05, 3.63) is 53.1 Å². The van der Waals surface area contributed by atoms with E-state index in [0.717, 1.165) is 0 Å². The van der Waals surface area contributed by atoms with Crippen molar-refractivity contribution in [2.45, 2.75) is 36.4 Å². The number of fused-ring (bicyclic) bond motifs is 6. The van der Waals surface area contributed by atoms with Crippen molar-refractivity contribution >= 4 is 19.7 Å². The average molecular weight is 529 g/mol. The van der Waals surface area contributed by atoms with Crippen molar-refractivity contribution in [1.82, 2.24) is 5.32 Å². The number of phenols is 1. The summed E-state index contributed by atoms with van der Waals surface area (Å²) in [5.41, 5.74) is 0.205. The van der Waals surface area contributed by atoms with E-state index in [1.165, 1.54) is 18.2 Å². The number of phenolic OH excluding ortho intramolecular Hbond substituents is 1. The first-order chi connectivity index (χ1) is 16.2. The van der Waals surface area contributed by atoms with Crippen LogP contribution in [0.4, 0.5) is 0 Å². The molecule has 1 aliphatic carbocycles. The SMILES string of the molecule is O=C(O[C@H]1[C@H](O)[C@H]2OP(=O)([O-])O[C@H]2[C@@H]2NC(=O)c3c(cc4c(c3O)OCO4)[C@H]21)c1ccccc1.[K+]. The van der Waals surface area contributed by atoms with E-state index < -0.39 is 61.8 Å². The van der Waals surface area contributed by atoms with Gasteiger partial charge in [-0.15, -0.1) is 0 Å². The number of carbonyl (C=O) groups is 2. The van der Waals surface area contributed by atoms with Gasteiger partial charge in [-0.05, 0) is 23.8 Å². The van der Waals surface area contributed by atoms with Crippen LogP contribution in [0.5, 0.6) is 17.2 Å². The van der Waals surface area contributed by atoms with Crippen LogP contribution in [0.15, 0.2) is 36.4 Å². The summed E-state index contributed by atoms with van der Waals surface area (Å²) in [6.07, 6.45) is -5.74. The molecule has 4 aliphatic rings. The minimum absolute atomic E-state index is 0. The van der Waals surface area contributed by atoms with E-state index >= 15 is 0 Å². The first-order valence-corrected chi connectivity index (χ1v) is 11.8. The Morgan fingerprint density at radius 2 is 1.89 bits per heavy atom. The molecule has 7 atom stereocenters. The first-order valence-electron chi connectivity index (χ1n) is 10.3. The van der Waals surface area contributed by atoms with Crippen molar-refractivity contribution in [1.29, 1.82) is 0 Å². The van der Waals surface area contributed by atoms with Gasteiger partial charge in [0.1, 0.15) is 24.4 Å². The van der Waals surface area contributed by atoms with Crippen molar-refractivity contribution in [3.8, 4) is 17.2 Å². The Bertz CT molecular complexity index is 1260. The van der Waals surface area contributed by atoms with Crippen LogP contribution in [0.1, 0.15) is 32.2 Å². The van der Waals surface area contributed by atoms with E-state index in [2.05, 4.69) is 5.32 Å². The molecule has 14 heteroatoms. The Balaban J connectivity index is 0.00000253. The van der Waals surface area contributed by atoms with Gasteiger partial charge in [-0.25, -0.2) is 4.79 Å². The number of rotatable bonds is 2. The Labute approximate surface area is 240 Å². The third-order valence-electron chi connectivity index (χ3n) is 6.40. The number of hydrogen-bond donors (Lipinski definition) is 3. The molecule has 3 N–H and O–H groups in total. The second kappa shape index (κ2) is 9.10. The number of carbonyl (C=O) groups excluding carboxylic acids is 2. The van der Waals surface area contributed by atoms with Crippen LogP contribution in [0.25, 0.3) is 0 Å². The van der Waals surface area contributed by atoms with Crippen LogP contribution >= 0.6 is 7.82 Å². The topological polar surface area (TPSA) is 173 Å². The van der Waals surface area contributed by atoms with Gasteiger partial charge >= 0.3 is 57.4 Å². The quantitative estimate of drug-likeness (QED) is 0.208. The minimum atomic E-state index is -4.79. The number of esters is 1. The third-order valence-corrected chi connectivity index (χ3v) is 7.40. The summed E-state index contributed by atoms with van der Waals surface area (Å²) >= 11 is 0. The predicted molar refractivity (Wildman–Crippen MR) is 107 cm³/mol. The second-order valence-electron chi connectivity index (χ2n) is 8.26. The van der Waals surface area contributed by atoms with E-state index in [9.17, 15) is 29.3 Å². The smallest absolute Gasteiger partial charge is 0.756 e. The molecule has 178 valence electrons. The summed E-state index contributed by atoms with van der Waals surface area (Å²) in [4.78, 5) is 37.9. The summed E-state index contributed by atoms with van der Waals surface area (Å²) in [5.74, 6) is -2.89. The number of phosphoric ester groups is 1. The Kier molecular flexibility index (Phi) is 6.54. The predicted octanol–water partition coefficient (Wildman–Crippen LogP) is -2.83. The standard InChI is InChI=1S/C21H18NO11P.K/c23-14-12-9(6-10-16(14)30-7-29-10)11-13(22-20(12)25)18-19(33-34(27,28)32-18)15(24)17(11)31-21(26)8-4-2-1-3-5-8;/h1-6,11,13,15,17-19,23-24H,7H2,(H,22,25)(H,27,28);/q;+1/p-1/t11-,13-,15+,17-,18+,19-;/m1./s1. The molecular formula is C21H17KNO11P. The molecule has 12 nitrogen and oxygen atoms in total. The Hall–Kier alpha value is -1.51. The number of phosphoric acid groups is 1. The van der Waals surface area contributed by atoms with Crippen molar-refractivity contribution in [2.75, 3.05) is 6.79 Å². The fourth-order valence-electron chi connectivity index (χ4n) is 5.00. The molecule has 35 heavy (non-hydrogen) atoms. The van der Waals surface area contributed by atoms with Crippen molar-refractivity contribution in [2.24, 2.45) is 0 Å². The molecule has 1 amide bonds. The second-order valence-corrected chi connectivity index (χ2v) is 9.58. The molecule has 1 saturated carbocycles. The molecule has 2 aromatic rings. The first kappa shape index (κ1) is 25.1. The Morgan fingerprint density at radius 1 is 1.17 bits per heavy atom. The summed E-state index contributed by atoms with van der Waals surface area (Å²) in [5, 5.41) is 24.4. The van der Waals surface area contributed by atoms with Crippen LogP contribution < -0.4 is 71.1 Å². The molecule has 2 aromatic carbocycles. The van der Waals surface area contributed by atoms with Gasteiger partial charge in [-0.2, -0.15) is 0 Å². The summed E-state index contributed by atoms with van der Waals surface area (Å²) in [7, 11) is -4.79. The molecule has 6 rings (SSSR count). The van der Waals surface area contributed by atoms with Crippen LogP contribution in [-0.4, -0.2) is 59.3 Å². The van der Waals surface area contributed by atoms with Gasteiger partial charge in [0.25, 0.3) is 13.7 Å². The van der Waals surface area contributed by atoms with Gasteiger partial charge in [0, 0.05) is 5.92 Å². The van der Waals surface area contributed by atoms with Crippen LogP contribution in [0.2, 0.25) is 0 Å². The molecule has 1 unspecified atom stereocenters. The van der Waals surface area contributed by atoms with Crippen LogP contribution in [-0.2, 0) is 18.3 Å². The summed E-state index contributed by atoms with van der Waals surface area (Å²) in [6, 6.07) is 8.36. The zero-order valence-corrected chi connectivity index (χ0v) is 22.2. The molecular weight excluding hydrogens is 512 g/mol. The van der Waals surface area contributed by atoms with Crippen LogP contribution in [0, 0.1) is 0 Å². The molecule has 0 spiro atoms. The summed E-state index contributed by atoms with van der Waals surface area (Å²) in [6.45, 7) is -0.183. The van der Waals surface area contributed by atoms with Crippen LogP contribution in [0.3, 0.4) is 0 Å². The zero-order valence-electron chi connectivity index (χ0n) is 18.2. The number of hydrogen-bond acceptors (Lipinski definition) is 11. The minimum Gasteiger partial charge on any atom is -0.756 e. The number of nitrogens with one attached hydrogen (secondary N) is 1. The molecule has 0 radical (unpaired) electrons. The maximum atomic E-state index is 13.0. The number of aromatic hydroxyl groups is 1. The number of aliphatic hydroxyl groups is 1. The monoisotopic (exact) mass is 529 g/mol. The number of benzene rings is 2. The van der Waals surface area contributed by atoms with E-state index in [1.54, 1.807) is 18.2 Å². The van der Waals surface area contributed by atoms with Gasteiger partial charge in [0.15, 0.2) is 11.5 Å². The maximum Gasteiger partial charge on any atom is 1.00 e. The molecule has 0 aromatic heterocycles. The molecule has 2 fully saturated rings. The number of amides is 1. The zero-order chi connectivity index (χ0) is 23.8. The van der Waals surface area contributed by atoms with Gasteiger partial charge in [0.2, 0.25) is 12.5 Å². The van der Waals surface area contributed by atoms with E-state index in [-0.39, 0.29) is 86.4 Å². The average Bonchev–Trinajstić information content (AvgIpc) is 3.41. The fraction of sp³-hybridized carbons (Fsp3) is 0.333. The van der Waals surface area contributed by atoms with Gasteiger partial charge in [-0.3, -0.25) is 9.36 Å². The summed E-state index contributed by atoms with van der Waals surface area (Å²) < 4.78 is 38.3. The van der Waals surface area contributed by atoms with E-state index in [1.807, 2.05) is 0 Å². The number of aliphatic hydroxyl groups excluding tert-OH is 1. The normalized spacial score (nSPS) is 34.1. The van der Waals surface area contributed by atoms with Gasteiger partial charge in [-0.1, -0.05) is 18.2 Å². The van der Waals surface area contributed by atoms with E-state index in [0.29, 0.717) is 0 Å². The maximum absolute atomic E-state index is 13.0. The molecule has 1 saturated heterocycles. The van der Waals surface area contributed by atoms with Gasteiger partial charge in [0.05, 0.1) is 17.2 Å². The van der Waals surface area contributed by atoms with E-state index in [4.69, 9.17) is 23.3 Å². The third kappa shape index (κ3) is 4.04. The Morgan fingerprint density at radius 3 is 2.63 bits per heavy atom. The van der Waals surface area contributed by atoms with Gasteiger partial charge < -0.3 is 43.7 Å². The molecule has 3 heterocycles. The largest absolute Gasteiger partial charge is 1.00 e. The van der Waals surface area contributed by atoms with Crippen molar-refractivity contribution < 1.29 is 104 Å². The molecule has 0 bridgehead atoms. The number of ether oxygens (including phenoxy) is 3.